The van der Waals surface area contributed by atoms with Gasteiger partial charge in [0.2, 0.25) is 0 Å². The number of phenolic OH excluding ortho intramolecular Hbond substituents is 1. The molecule has 0 spiro atoms. The molecule has 192 valence electrons. The summed E-state index contributed by atoms with van der Waals surface area (Å²) in [4.78, 5) is 17.7. The zero-order chi connectivity index (χ0) is 26.2. The minimum atomic E-state index is -4.65. The van der Waals surface area contributed by atoms with Gasteiger partial charge in [-0.05, 0) is 56.0 Å². The van der Waals surface area contributed by atoms with Gasteiger partial charge >= 0.3 is 6.18 Å². The molecule has 1 saturated heterocycles. The van der Waals surface area contributed by atoms with E-state index in [-0.39, 0.29) is 23.6 Å². The van der Waals surface area contributed by atoms with Crippen molar-refractivity contribution in [2.24, 2.45) is 11.5 Å². The molecular weight excluding hydrogens is 481 g/mol. The normalized spacial score (nSPS) is 16.7. The Labute approximate surface area is 206 Å². The minimum absolute atomic E-state index is 0.0209. The molecule has 11 heteroatoms. The molecule has 1 aliphatic rings. The van der Waals surface area contributed by atoms with Crippen LogP contribution in [0.5, 0.6) is 5.75 Å². The first kappa shape index (κ1) is 28.2. The average Bonchev–Trinajstić information content (AvgIpc) is 3.47. The van der Waals surface area contributed by atoms with E-state index in [1.54, 1.807) is 12.3 Å². The third-order valence-corrected chi connectivity index (χ3v) is 6.28. The first-order chi connectivity index (χ1) is 16.4. The number of alkyl halides is 3. The van der Waals surface area contributed by atoms with E-state index >= 15 is 0 Å². The third kappa shape index (κ3) is 9.25. The summed E-state index contributed by atoms with van der Waals surface area (Å²) in [5, 5.41) is 13.1. The van der Waals surface area contributed by atoms with Crippen molar-refractivity contribution in [3.63, 3.8) is 0 Å². The molecule has 1 amide bonds. The summed E-state index contributed by atoms with van der Waals surface area (Å²) >= 11 is 1.46. The maximum Gasteiger partial charge on any atom is 0.430 e. The SMILES string of the molecule is CC(C)c1cnc(-c2cc(O)cc(C(=O)NC/C(N)=C/C=C(\N)C(F)(F)F)c2)s1.C[C@@H]1CCCO1. The highest BCUT2D eigenvalue weighted by Crippen LogP contribution is 2.32. The van der Waals surface area contributed by atoms with Gasteiger partial charge in [0.25, 0.3) is 5.91 Å². The Morgan fingerprint density at radius 1 is 1.31 bits per heavy atom. The lowest BCUT2D eigenvalue weighted by Gasteiger charge is -2.08. The number of carbonyl (C=O) groups is 1. The van der Waals surface area contributed by atoms with Crippen LogP contribution in [0.1, 0.15) is 54.8 Å². The first-order valence-corrected chi connectivity index (χ1v) is 11.9. The molecule has 3 rings (SSSR count). The first-order valence-electron chi connectivity index (χ1n) is 11.1. The summed E-state index contributed by atoms with van der Waals surface area (Å²) in [6.07, 6.45) is 1.78. The van der Waals surface area contributed by atoms with Crippen molar-refractivity contribution < 1.29 is 27.8 Å². The molecule has 2 heterocycles. The van der Waals surface area contributed by atoms with E-state index in [0.717, 1.165) is 17.6 Å². The van der Waals surface area contributed by atoms with Crippen LogP contribution >= 0.6 is 11.3 Å². The van der Waals surface area contributed by atoms with Crippen molar-refractivity contribution in [2.75, 3.05) is 13.2 Å². The Morgan fingerprint density at radius 3 is 2.54 bits per heavy atom. The molecule has 35 heavy (non-hydrogen) atoms. The Bertz CT molecular complexity index is 1060. The fourth-order valence-corrected chi connectivity index (χ4v) is 3.83. The van der Waals surface area contributed by atoms with Crippen LogP contribution in [-0.4, -0.2) is 41.4 Å². The molecule has 0 saturated carbocycles. The molecule has 6 N–H and O–H groups in total. The lowest BCUT2D eigenvalue weighted by Crippen LogP contribution is -2.28. The van der Waals surface area contributed by atoms with Crippen LogP contribution in [0, 0.1) is 0 Å². The molecule has 0 bridgehead atoms. The van der Waals surface area contributed by atoms with E-state index in [4.69, 9.17) is 16.2 Å². The summed E-state index contributed by atoms with van der Waals surface area (Å²) in [6.45, 7) is 6.98. The average molecular weight is 513 g/mol. The van der Waals surface area contributed by atoms with E-state index in [1.807, 2.05) is 13.8 Å². The number of aromatic hydroxyl groups is 1. The second kappa shape index (κ2) is 12.6. The lowest BCUT2D eigenvalue weighted by atomic mass is 10.1. The molecule has 1 aliphatic heterocycles. The highest BCUT2D eigenvalue weighted by atomic mass is 32.1. The minimum Gasteiger partial charge on any atom is -0.508 e. The number of allylic oxidation sites excluding steroid dienone is 3. The smallest absolute Gasteiger partial charge is 0.430 e. The zero-order valence-corrected chi connectivity index (χ0v) is 20.7. The van der Waals surface area contributed by atoms with Gasteiger partial charge in [-0.25, -0.2) is 4.98 Å². The molecular formula is C24H31F3N4O3S. The van der Waals surface area contributed by atoms with Crippen molar-refractivity contribution in [3.8, 4) is 16.3 Å². The van der Waals surface area contributed by atoms with Gasteiger partial charge in [0.15, 0.2) is 0 Å². The molecule has 0 aliphatic carbocycles. The number of nitrogens with zero attached hydrogens (tertiary/aromatic N) is 1. The molecule has 7 nitrogen and oxygen atoms in total. The summed E-state index contributed by atoms with van der Waals surface area (Å²) < 4.78 is 42.2. The zero-order valence-electron chi connectivity index (χ0n) is 19.9. The maximum atomic E-state index is 12.4. The topological polar surface area (TPSA) is 123 Å². The van der Waals surface area contributed by atoms with Gasteiger partial charge in [-0.3, -0.25) is 4.79 Å². The number of hydrogen-bond donors (Lipinski definition) is 4. The van der Waals surface area contributed by atoms with Crippen LogP contribution in [0.3, 0.4) is 0 Å². The monoisotopic (exact) mass is 512 g/mol. The largest absolute Gasteiger partial charge is 0.508 e. The Kier molecular flexibility index (Phi) is 10.1. The highest BCUT2D eigenvalue weighted by molar-refractivity contribution is 7.15. The number of aromatic nitrogens is 1. The maximum absolute atomic E-state index is 12.4. The number of amides is 1. The number of halogens is 3. The number of thiazole rings is 1. The number of carbonyl (C=O) groups excluding carboxylic acids is 1. The predicted octanol–water partition coefficient (Wildman–Crippen LogP) is 4.80. The molecule has 1 aromatic heterocycles. The van der Waals surface area contributed by atoms with E-state index in [2.05, 4.69) is 17.2 Å². The summed E-state index contributed by atoms with van der Waals surface area (Å²) in [6, 6.07) is 4.34. The molecule has 0 unspecified atom stereocenters. The van der Waals surface area contributed by atoms with Gasteiger partial charge in [-0.2, -0.15) is 13.2 Å². The highest BCUT2D eigenvalue weighted by Gasteiger charge is 2.30. The molecule has 2 aromatic rings. The number of rotatable bonds is 6. The summed E-state index contributed by atoms with van der Waals surface area (Å²) in [5.41, 5.74) is 9.89. The van der Waals surface area contributed by atoms with Crippen molar-refractivity contribution in [3.05, 3.63) is 58.4 Å². The number of nitrogens with two attached hydrogens (primary N) is 2. The van der Waals surface area contributed by atoms with E-state index < -0.39 is 17.8 Å². The van der Waals surface area contributed by atoms with Crippen molar-refractivity contribution in [2.45, 2.75) is 51.8 Å². The second-order valence-electron chi connectivity index (χ2n) is 8.36. The van der Waals surface area contributed by atoms with Crippen LogP contribution in [-0.2, 0) is 4.74 Å². The van der Waals surface area contributed by atoms with Crippen LogP contribution in [0.2, 0.25) is 0 Å². The number of phenols is 1. The Hall–Kier alpha value is -3.05. The summed E-state index contributed by atoms with van der Waals surface area (Å²) in [7, 11) is 0. The number of hydrogen-bond acceptors (Lipinski definition) is 7. The van der Waals surface area contributed by atoms with Crippen molar-refractivity contribution in [1.82, 2.24) is 10.3 Å². The van der Waals surface area contributed by atoms with Gasteiger partial charge in [0.05, 0.1) is 12.6 Å². The predicted molar refractivity (Wildman–Crippen MR) is 131 cm³/mol. The van der Waals surface area contributed by atoms with Gasteiger partial charge in [0.1, 0.15) is 16.5 Å². The molecule has 0 radical (unpaired) electrons. The molecule has 1 aromatic carbocycles. The van der Waals surface area contributed by atoms with Gasteiger partial charge in [0, 0.05) is 34.5 Å². The van der Waals surface area contributed by atoms with E-state index in [1.165, 1.54) is 36.3 Å². The lowest BCUT2D eigenvalue weighted by molar-refractivity contribution is -0.0926. The fraction of sp³-hybridized carbons (Fsp3) is 0.417. The second-order valence-corrected chi connectivity index (χ2v) is 9.42. The summed E-state index contributed by atoms with van der Waals surface area (Å²) in [5.74, 6) is -0.359. The number of nitrogens with one attached hydrogen (secondary N) is 1. The van der Waals surface area contributed by atoms with Crippen LogP contribution < -0.4 is 16.8 Å². The quantitative estimate of drug-likeness (QED) is 0.412. The van der Waals surface area contributed by atoms with Crippen molar-refractivity contribution >= 4 is 17.2 Å². The van der Waals surface area contributed by atoms with Crippen LogP contribution in [0.25, 0.3) is 10.6 Å². The fourth-order valence-electron chi connectivity index (χ4n) is 2.93. The third-order valence-electron chi connectivity index (χ3n) is 4.93. The van der Waals surface area contributed by atoms with E-state index in [9.17, 15) is 23.1 Å². The van der Waals surface area contributed by atoms with Gasteiger partial charge in [-0.1, -0.05) is 13.8 Å². The van der Waals surface area contributed by atoms with Crippen LogP contribution in [0.4, 0.5) is 13.2 Å². The van der Waals surface area contributed by atoms with E-state index in [0.29, 0.717) is 28.7 Å². The van der Waals surface area contributed by atoms with Crippen LogP contribution in [0.15, 0.2) is 47.9 Å². The number of benzene rings is 1. The number of ether oxygens (including phenoxy) is 1. The Morgan fingerprint density at radius 2 is 2.03 bits per heavy atom. The Balaban J connectivity index is 0.000000625. The molecule has 1 atom stereocenters. The molecule has 1 fully saturated rings. The van der Waals surface area contributed by atoms with Gasteiger partial charge < -0.3 is 26.6 Å². The standard InChI is InChI=1S/C19H21F3N4O2S.C5H10O/c1-10(2)15-9-26-18(29-15)12-5-11(6-14(27)7-12)17(28)25-8-13(23)3-4-16(24)19(20,21)22;1-5-3-2-4-6-5/h3-7,9-10,27H,8,23-24H2,1-2H3,(H,25,28);5H,2-4H2,1H3/b13-3-,16-4-;/t;5-/m.1/s1. The van der Waals surface area contributed by atoms with Crippen molar-refractivity contribution in [1.29, 1.82) is 0 Å². The van der Waals surface area contributed by atoms with Gasteiger partial charge in [-0.15, -0.1) is 11.3 Å².